The highest BCUT2D eigenvalue weighted by Gasteiger charge is 2.16. The average Bonchev–Trinajstić information content (AvgIpc) is 2.84. The maximum atomic E-state index is 12.6. The van der Waals surface area contributed by atoms with E-state index in [4.69, 9.17) is 4.74 Å². The van der Waals surface area contributed by atoms with E-state index in [1.807, 2.05) is 19.1 Å². The predicted octanol–water partition coefficient (Wildman–Crippen LogP) is 4.14. The summed E-state index contributed by atoms with van der Waals surface area (Å²) in [6.45, 7) is 1.41. The van der Waals surface area contributed by atoms with E-state index in [0.29, 0.717) is 11.4 Å². The standard InChI is InChI=1S/C25H21N3O5S/c1-17-7-11-19(12-8-17)28-34(31,32)20-13-9-18(10-14-20)25(30)33-16-24(29)27-23-6-2-5-22-21(23)4-3-15-26-22/h2-15,28H,16H2,1H3,(H,27,29). The average molecular weight is 476 g/mol. The Hall–Kier alpha value is -4.24. The number of hydrogen-bond donors (Lipinski definition) is 2. The fourth-order valence-corrected chi connectivity index (χ4v) is 4.28. The number of pyridine rings is 1. The minimum atomic E-state index is -3.82. The molecule has 0 fully saturated rings. The summed E-state index contributed by atoms with van der Waals surface area (Å²) in [7, 11) is -3.82. The highest BCUT2D eigenvalue weighted by molar-refractivity contribution is 7.92. The lowest BCUT2D eigenvalue weighted by molar-refractivity contribution is -0.119. The summed E-state index contributed by atoms with van der Waals surface area (Å²) in [5.41, 5.74) is 2.85. The van der Waals surface area contributed by atoms with Gasteiger partial charge in [0.2, 0.25) is 0 Å². The Morgan fingerprint density at radius 2 is 1.65 bits per heavy atom. The van der Waals surface area contributed by atoms with Crippen LogP contribution in [0.25, 0.3) is 10.9 Å². The number of fused-ring (bicyclic) bond motifs is 1. The third kappa shape index (κ3) is 5.38. The lowest BCUT2D eigenvalue weighted by Crippen LogP contribution is -2.21. The molecule has 0 aliphatic carbocycles. The van der Waals surface area contributed by atoms with Gasteiger partial charge in [-0.2, -0.15) is 0 Å². The summed E-state index contributed by atoms with van der Waals surface area (Å²) in [5.74, 6) is -1.25. The number of amides is 1. The van der Waals surface area contributed by atoms with Crippen molar-refractivity contribution >= 4 is 44.2 Å². The van der Waals surface area contributed by atoms with Gasteiger partial charge in [-0.1, -0.05) is 23.8 Å². The molecule has 0 bridgehead atoms. The molecule has 8 nitrogen and oxygen atoms in total. The summed E-state index contributed by atoms with van der Waals surface area (Å²) < 4.78 is 32.7. The van der Waals surface area contributed by atoms with Crippen molar-refractivity contribution in [1.29, 1.82) is 0 Å². The van der Waals surface area contributed by atoms with Crippen molar-refractivity contribution in [1.82, 2.24) is 4.98 Å². The number of sulfonamides is 1. The molecule has 34 heavy (non-hydrogen) atoms. The van der Waals surface area contributed by atoms with E-state index in [1.54, 1.807) is 48.7 Å². The van der Waals surface area contributed by atoms with Gasteiger partial charge < -0.3 is 10.1 Å². The van der Waals surface area contributed by atoms with Crippen molar-refractivity contribution in [3.63, 3.8) is 0 Å². The molecular weight excluding hydrogens is 454 g/mol. The van der Waals surface area contributed by atoms with Gasteiger partial charge in [0.15, 0.2) is 6.61 Å². The second kappa shape index (κ2) is 9.72. The van der Waals surface area contributed by atoms with E-state index >= 15 is 0 Å². The van der Waals surface area contributed by atoms with Gasteiger partial charge in [-0.25, -0.2) is 13.2 Å². The van der Waals surface area contributed by atoms with Crippen LogP contribution in [0.2, 0.25) is 0 Å². The molecule has 0 atom stereocenters. The zero-order valence-electron chi connectivity index (χ0n) is 18.2. The highest BCUT2D eigenvalue weighted by atomic mass is 32.2. The predicted molar refractivity (Wildman–Crippen MR) is 129 cm³/mol. The van der Waals surface area contributed by atoms with Crippen LogP contribution in [0.15, 0.2) is 90.0 Å². The first-order chi connectivity index (χ1) is 16.3. The number of carbonyl (C=O) groups is 2. The number of carbonyl (C=O) groups excluding carboxylic acids is 2. The van der Waals surface area contributed by atoms with E-state index < -0.39 is 28.5 Å². The van der Waals surface area contributed by atoms with Crippen LogP contribution in [0.1, 0.15) is 15.9 Å². The topological polar surface area (TPSA) is 114 Å². The Kier molecular flexibility index (Phi) is 6.55. The van der Waals surface area contributed by atoms with E-state index in [9.17, 15) is 18.0 Å². The zero-order chi connectivity index (χ0) is 24.1. The van der Waals surface area contributed by atoms with Crippen molar-refractivity contribution in [3.05, 3.63) is 96.2 Å². The highest BCUT2D eigenvalue weighted by Crippen LogP contribution is 2.21. The Labute approximate surface area is 196 Å². The summed E-state index contributed by atoms with van der Waals surface area (Å²) in [4.78, 5) is 28.8. The molecule has 1 heterocycles. The molecule has 0 radical (unpaired) electrons. The Balaban J connectivity index is 1.36. The molecule has 3 aromatic carbocycles. The molecule has 0 aliphatic rings. The number of nitrogens with one attached hydrogen (secondary N) is 2. The van der Waals surface area contributed by atoms with E-state index in [1.165, 1.54) is 24.3 Å². The van der Waals surface area contributed by atoms with Gasteiger partial charge in [-0.15, -0.1) is 0 Å². The largest absolute Gasteiger partial charge is 0.452 e. The maximum Gasteiger partial charge on any atom is 0.338 e. The van der Waals surface area contributed by atoms with Crippen LogP contribution in [0.4, 0.5) is 11.4 Å². The summed E-state index contributed by atoms with van der Waals surface area (Å²) in [6, 6.07) is 21.1. The molecule has 1 aromatic heterocycles. The van der Waals surface area contributed by atoms with Gasteiger partial charge in [0, 0.05) is 17.3 Å². The molecular formula is C25H21N3O5S. The van der Waals surface area contributed by atoms with Gasteiger partial charge in [-0.3, -0.25) is 14.5 Å². The summed E-state index contributed by atoms with van der Waals surface area (Å²) in [6.07, 6.45) is 1.66. The summed E-state index contributed by atoms with van der Waals surface area (Å²) in [5, 5.41) is 3.47. The maximum absolute atomic E-state index is 12.6. The van der Waals surface area contributed by atoms with Crippen molar-refractivity contribution in [2.45, 2.75) is 11.8 Å². The van der Waals surface area contributed by atoms with Crippen LogP contribution < -0.4 is 10.0 Å². The number of aryl methyl sites for hydroxylation is 1. The van der Waals surface area contributed by atoms with Crippen molar-refractivity contribution in [3.8, 4) is 0 Å². The minimum Gasteiger partial charge on any atom is -0.452 e. The fraction of sp³-hybridized carbons (Fsp3) is 0.0800. The second-order valence-corrected chi connectivity index (χ2v) is 9.18. The molecule has 0 saturated carbocycles. The molecule has 172 valence electrons. The van der Waals surface area contributed by atoms with Crippen LogP contribution in [0.5, 0.6) is 0 Å². The number of benzene rings is 3. The van der Waals surface area contributed by atoms with Crippen LogP contribution >= 0.6 is 0 Å². The Morgan fingerprint density at radius 1 is 0.912 bits per heavy atom. The molecule has 0 aliphatic heterocycles. The normalized spacial score (nSPS) is 11.1. The third-order valence-electron chi connectivity index (χ3n) is 4.96. The summed E-state index contributed by atoms with van der Waals surface area (Å²) >= 11 is 0. The van der Waals surface area contributed by atoms with Crippen molar-refractivity contribution in [2.75, 3.05) is 16.6 Å². The van der Waals surface area contributed by atoms with Gasteiger partial charge in [-0.05, 0) is 67.6 Å². The van der Waals surface area contributed by atoms with Crippen LogP contribution in [-0.4, -0.2) is 31.9 Å². The number of nitrogens with zero attached hydrogens (tertiary/aromatic N) is 1. The molecule has 4 aromatic rings. The monoisotopic (exact) mass is 475 g/mol. The van der Waals surface area contributed by atoms with E-state index in [-0.39, 0.29) is 10.5 Å². The number of aromatic nitrogens is 1. The number of rotatable bonds is 7. The Morgan fingerprint density at radius 3 is 2.38 bits per heavy atom. The second-order valence-electron chi connectivity index (χ2n) is 7.50. The number of esters is 1. The van der Waals surface area contributed by atoms with Crippen molar-refractivity contribution < 1.29 is 22.7 Å². The SMILES string of the molecule is Cc1ccc(NS(=O)(=O)c2ccc(C(=O)OCC(=O)Nc3cccc4ncccc34)cc2)cc1. The zero-order valence-corrected chi connectivity index (χ0v) is 19.0. The van der Waals surface area contributed by atoms with Crippen LogP contribution in [-0.2, 0) is 19.6 Å². The van der Waals surface area contributed by atoms with E-state index in [2.05, 4.69) is 15.0 Å². The first-order valence-electron chi connectivity index (χ1n) is 10.3. The molecule has 0 unspecified atom stereocenters. The fourth-order valence-electron chi connectivity index (χ4n) is 3.22. The van der Waals surface area contributed by atoms with Gasteiger partial charge in [0.05, 0.1) is 21.7 Å². The molecule has 2 N–H and O–H groups in total. The van der Waals surface area contributed by atoms with Crippen LogP contribution in [0, 0.1) is 6.92 Å². The minimum absolute atomic E-state index is 0.00747. The molecule has 4 rings (SSSR count). The van der Waals surface area contributed by atoms with Gasteiger partial charge in [0.1, 0.15) is 0 Å². The molecule has 1 amide bonds. The molecule has 0 spiro atoms. The lowest BCUT2D eigenvalue weighted by Gasteiger charge is -2.10. The van der Waals surface area contributed by atoms with Crippen molar-refractivity contribution in [2.24, 2.45) is 0 Å². The number of ether oxygens (including phenoxy) is 1. The molecule has 9 heteroatoms. The Bertz CT molecular complexity index is 1450. The van der Waals surface area contributed by atoms with Gasteiger partial charge in [0.25, 0.3) is 15.9 Å². The lowest BCUT2D eigenvalue weighted by atomic mass is 10.2. The first-order valence-corrected chi connectivity index (χ1v) is 11.8. The van der Waals surface area contributed by atoms with E-state index in [0.717, 1.165) is 16.5 Å². The third-order valence-corrected chi connectivity index (χ3v) is 6.36. The van der Waals surface area contributed by atoms with Crippen LogP contribution in [0.3, 0.4) is 0 Å². The molecule has 0 saturated heterocycles. The number of hydrogen-bond acceptors (Lipinski definition) is 6. The smallest absolute Gasteiger partial charge is 0.338 e. The van der Waals surface area contributed by atoms with Gasteiger partial charge >= 0.3 is 5.97 Å². The quantitative estimate of drug-likeness (QED) is 0.388. The number of anilines is 2. The first kappa shape index (κ1) is 22.9.